The van der Waals surface area contributed by atoms with Crippen molar-refractivity contribution < 1.29 is 18.4 Å². The van der Waals surface area contributed by atoms with Gasteiger partial charge in [-0.2, -0.15) is 0 Å². The minimum absolute atomic E-state index is 0.0597. The van der Waals surface area contributed by atoms with Gasteiger partial charge in [-0.05, 0) is 49.7 Å². The maximum absolute atomic E-state index is 13.1. The second-order valence-corrected chi connectivity index (χ2v) is 7.65. The molecule has 5 rings (SSSR count). The third kappa shape index (κ3) is 3.67. The maximum atomic E-state index is 13.1. The normalized spacial score (nSPS) is 11.2. The van der Waals surface area contributed by atoms with Gasteiger partial charge in [-0.3, -0.25) is 0 Å². The van der Waals surface area contributed by atoms with Crippen LogP contribution in [0, 0.1) is 13.8 Å². The van der Waals surface area contributed by atoms with E-state index in [4.69, 9.17) is 13.6 Å². The summed E-state index contributed by atoms with van der Waals surface area (Å²) in [6.07, 6.45) is 0. The second kappa shape index (κ2) is 7.81. The van der Waals surface area contributed by atoms with Crippen molar-refractivity contribution in [1.82, 2.24) is 4.98 Å². The molecule has 0 aliphatic heterocycles. The van der Waals surface area contributed by atoms with Crippen LogP contribution in [0.2, 0.25) is 0 Å². The summed E-state index contributed by atoms with van der Waals surface area (Å²) < 4.78 is 16.6. The first-order chi connectivity index (χ1) is 15.5. The van der Waals surface area contributed by atoms with E-state index in [2.05, 4.69) is 4.98 Å². The van der Waals surface area contributed by atoms with Crippen molar-refractivity contribution in [1.29, 1.82) is 0 Å². The Morgan fingerprint density at radius 1 is 0.938 bits per heavy atom. The standard InChI is InChI=1S/C26H19NO5/c1-15-7-9-18-17(12-25(28)32-24(18)11-15)14-30-26(29)20-13-22(23-10-8-16(2)31-23)27-21-6-4-3-5-19(20)21/h3-13H,14H2,1-2H3. The number of para-hydroxylation sites is 1. The van der Waals surface area contributed by atoms with E-state index < -0.39 is 11.6 Å². The molecule has 32 heavy (non-hydrogen) atoms. The van der Waals surface area contributed by atoms with E-state index in [-0.39, 0.29) is 6.61 Å². The molecule has 158 valence electrons. The lowest BCUT2D eigenvalue weighted by Crippen LogP contribution is -2.09. The Hall–Kier alpha value is -4.19. The third-order valence-corrected chi connectivity index (χ3v) is 5.27. The summed E-state index contributed by atoms with van der Waals surface area (Å²) in [6.45, 7) is 3.70. The van der Waals surface area contributed by atoms with Crippen molar-refractivity contribution in [2.75, 3.05) is 0 Å². The number of nitrogens with zero attached hydrogens (tertiary/aromatic N) is 1. The largest absolute Gasteiger partial charge is 0.460 e. The lowest BCUT2D eigenvalue weighted by Gasteiger charge is -2.10. The van der Waals surface area contributed by atoms with Gasteiger partial charge in [0, 0.05) is 22.4 Å². The molecule has 0 atom stereocenters. The molecule has 0 N–H and O–H groups in total. The number of pyridine rings is 1. The molecule has 6 nitrogen and oxygen atoms in total. The van der Waals surface area contributed by atoms with Gasteiger partial charge in [0.15, 0.2) is 5.76 Å². The molecule has 0 saturated heterocycles. The van der Waals surface area contributed by atoms with E-state index in [1.54, 1.807) is 12.1 Å². The number of ether oxygens (including phenoxy) is 1. The Morgan fingerprint density at radius 3 is 2.59 bits per heavy atom. The molecular formula is C26H19NO5. The molecule has 0 unspecified atom stereocenters. The number of hydrogen-bond donors (Lipinski definition) is 0. The van der Waals surface area contributed by atoms with Gasteiger partial charge < -0.3 is 13.6 Å². The van der Waals surface area contributed by atoms with Gasteiger partial charge in [0.25, 0.3) is 0 Å². The average Bonchev–Trinajstić information content (AvgIpc) is 3.22. The molecular weight excluding hydrogens is 406 g/mol. The molecule has 0 amide bonds. The lowest BCUT2D eigenvalue weighted by atomic mass is 10.1. The van der Waals surface area contributed by atoms with Gasteiger partial charge in [0.1, 0.15) is 23.6 Å². The van der Waals surface area contributed by atoms with Gasteiger partial charge >= 0.3 is 11.6 Å². The Kier molecular flexibility index (Phi) is 4.82. The summed E-state index contributed by atoms with van der Waals surface area (Å²) in [6, 6.07) is 19.6. The highest BCUT2D eigenvalue weighted by Gasteiger charge is 2.17. The van der Waals surface area contributed by atoms with Crippen molar-refractivity contribution in [3.63, 3.8) is 0 Å². The zero-order valence-corrected chi connectivity index (χ0v) is 17.5. The predicted octanol–water partition coefficient (Wildman–Crippen LogP) is 5.58. The summed E-state index contributed by atoms with van der Waals surface area (Å²) in [5.41, 5.74) is 3.12. The number of aryl methyl sites for hydroxylation is 2. The molecule has 3 aromatic heterocycles. The van der Waals surface area contributed by atoms with Crippen LogP contribution < -0.4 is 5.63 Å². The van der Waals surface area contributed by atoms with E-state index in [0.717, 1.165) is 16.7 Å². The first kappa shape index (κ1) is 19.8. The van der Waals surface area contributed by atoms with E-state index >= 15 is 0 Å². The fraction of sp³-hybridized carbons (Fsp3) is 0.115. The molecule has 2 aromatic carbocycles. The van der Waals surface area contributed by atoms with E-state index in [1.807, 2.05) is 62.4 Å². The lowest BCUT2D eigenvalue weighted by molar-refractivity contribution is 0.0476. The minimum Gasteiger partial charge on any atom is -0.460 e. The van der Waals surface area contributed by atoms with E-state index in [1.165, 1.54) is 6.07 Å². The molecule has 0 spiro atoms. The number of hydrogen-bond acceptors (Lipinski definition) is 6. The monoisotopic (exact) mass is 425 g/mol. The Labute approximate surface area is 183 Å². The Bertz CT molecular complexity index is 1540. The molecule has 0 fully saturated rings. The summed E-state index contributed by atoms with van der Waals surface area (Å²) in [5.74, 6) is 0.815. The molecule has 5 aromatic rings. The number of benzene rings is 2. The fourth-order valence-corrected chi connectivity index (χ4v) is 3.72. The van der Waals surface area contributed by atoms with Crippen LogP contribution in [0.3, 0.4) is 0 Å². The number of esters is 1. The van der Waals surface area contributed by atoms with Gasteiger partial charge in [-0.25, -0.2) is 14.6 Å². The van der Waals surface area contributed by atoms with Crippen LogP contribution in [0.15, 0.2) is 80.4 Å². The van der Waals surface area contributed by atoms with Gasteiger partial charge in [0.05, 0.1) is 11.1 Å². The van der Waals surface area contributed by atoms with Crippen LogP contribution in [-0.4, -0.2) is 11.0 Å². The third-order valence-electron chi connectivity index (χ3n) is 5.27. The Balaban J connectivity index is 1.52. The molecule has 0 radical (unpaired) electrons. The van der Waals surface area contributed by atoms with Crippen molar-refractivity contribution in [2.45, 2.75) is 20.5 Å². The van der Waals surface area contributed by atoms with Crippen LogP contribution in [0.5, 0.6) is 0 Å². The van der Waals surface area contributed by atoms with Crippen LogP contribution in [-0.2, 0) is 11.3 Å². The summed E-state index contributed by atoms with van der Waals surface area (Å²) >= 11 is 0. The summed E-state index contributed by atoms with van der Waals surface area (Å²) in [5, 5.41) is 1.41. The van der Waals surface area contributed by atoms with Gasteiger partial charge in [0.2, 0.25) is 0 Å². The second-order valence-electron chi connectivity index (χ2n) is 7.65. The highest BCUT2D eigenvalue weighted by atomic mass is 16.5. The molecule has 0 aliphatic rings. The Morgan fingerprint density at radius 2 is 1.78 bits per heavy atom. The highest BCUT2D eigenvalue weighted by molar-refractivity contribution is 6.04. The number of furan rings is 1. The van der Waals surface area contributed by atoms with Crippen molar-refractivity contribution in [3.05, 3.63) is 99.6 Å². The topological polar surface area (TPSA) is 82.5 Å². The molecule has 0 aliphatic carbocycles. The van der Waals surface area contributed by atoms with Gasteiger partial charge in [-0.1, -0.05) is 30.3 Å². The van der Waals surface area contributed by atoms with E-state index in [0.29, 0.717) is 39.1 Å². The average molecular weight is 425 g/mol. The van der Waals surface area contributed by atoms with Crippen molar-refractivity contribution in [2.24, 2.45) is 0 Å². The molecule has 0 bridgehead atoms. The number of rotatable bonds is 4. The predicted molar refractivity (Wildman–Crippen MR) is 121 cm³/mol. The van der Waals surface area contributed by atoms with Gasteiger partial charge in [-0.15, -0.1) is 0 Å². The highest BCUT2D eigenvalue weighted by Crippen LogP contribution is 2.27. The number of aromatic nitrogens is 1. The van der Waals surface area contributed by atoms with E-state index in [9.17, 15) is 9.59 Å². The zero-order chi connectivity index (χ0) is 22.2. The molecule has 0 saturated carbocycles. The molecule has 3 heterocycles. The van der Waals surface area contributed by atoms with Crippen LogP contribution in [0.4, 0.5) is 0 Å². The zero-order valence-electron chi connectivity index (χ0n) is 17.5. The maximum Gasteiger partial charge on any atom is 0.339 e. The smallest absolute Gasteiger partial charge is 0.339 e. The summed E-state index contributed by atoms with van der Waals surface area (Å²) in [7, 11) is 0. The van der Waals surface area contributed by atoms with Crippen LogP contribution in [0.25, 0.3) is 33.3 Å². The minimum atomic E-state index is -0.512. The van der Waals surface area contributed by atoms with Crippen molar-refractivity contribution >= 4 is 27.8 Å². The first-order valence-electron chi connectivity index (χ1n) is 10.1. The SMILES string of the molecule is Cc1ccc2c(COC(=O)c3cc(-c4ccc(C)o4)nc4ccccc34)cc(=O)oc2c1. The first-order valence-corrected chi connectivity index (χ1v) is 10.1. The van der Waals surface area contributed by atoms with Crippen LogP contribution >= 0.6 is 0 Å². The van der Waals surface area contributed by atoms with Crippen molar-refractivity contribution in [3.8, 4) is 11.5 Å². The quantitative estimate of drug-likeness (QED) is 0.276. The number of fused-ring (bicyclic) bond motifs is 2. The number of carbonyl (C=O) groups excluding carboxylic acids is 1. The fourth-order valence-electron chi connectivity index (χ4n) is 3.72. The van der Waals surface area contributed by atoms with Crippen LogP contribution in [0.1, 0.15) is 27.2 Å². The summed E-state index contributed by atoms with van der Waals surface area (Å²) in [4.78, 5) is 29.7. The molecule has 6 heteroatoms. The number of carbonyl (C=O) groups is 1.